The van der Waals surface area contributed by atoms with Gasteiger partial charge in [0.2, 0.25) is 5.91 Å². The quantitative estimate of drug-likeness (QED) is 0.578. The highest BCUT2D eigenvalue weighted by atomic mass is 16.2. The number of likely N-dealkylation sites (N-methyl/N-ethyl adjacent to an activating group) is 1. The molecule has 0 aromatic carbocycles. The van der Waals surface area contributed by atoms with Crippen LogP contribution in [0.3, 0.4) is 0 Å². The molecular formula is C7H16N2O. The Hall–Kier alpha value is -0.570. The van der Waals surface area contributed by atoms with Crippen molar-refractivity contribution in [1.82, 2.24) is 10.6 Å². The Labute approximate surface area is 62.2 Å². The van der Waals surface area contributed by atoms with E-state index in [-0.39, 0.29) is 11.4 Å². The average molecular weight is 144 g/mol. The minimum atomic E-state index is -0.117. The van der Waals surface area contributed by atoms with Crippen LogP contribution in [0.4, 0.5) is 0 Å². The van der Waals surface area contributed by atoms with Crippen LogP contribution < -0.4 is 10.6 Å². The molecule has 0 aliphatic carbocycles. The fourth-order valence-corrected chi connectivity index (χ4v) is 0.623. The zero-order valence-electron chi connectivity index (χ0n) is 7.12. The van der Waals surface area contributed by atoms with Crippen molar-refractivity contribution in [3.8, 4) is 0 Å². The molecule has 0 heterocycles. The second kappa shape index (κ2) is 3.56. The Bertz CT molecular complexity index is 115. The number of carbonyl (C=O) groups is 1. The van der Waals surface area contributed by atoms with Gasteiger partial charge in [0, 0.05) is 5.54 Å². The number of carbonyl (C=O) groups excluding carboxylic acids is 1. The first kappa shape index (κ1) is 9.43. The van der Waals surface area contributed by atoms with Crippen LogP contribution in [0.1, 0.15) is 20.8 Å². The van der Waals surface area contributed by atoms with Gasteiger partial charge in [0.15, 0.2) is 0 Å². The van der Waals surface area contributed by atoms with E-state index >= 15 is 0 Å². The molecule has 0 aromatic heterocycles. The second-order valence-corrected chi connectivity index (χ2v) is 3.33. The first-order valence-corrected chi connectivity index (χ1v) is 3.41. The SMILES string of the molecule is CNCC(=O)NC(C)(C)C. The fraction of sp³-hybridized carbons (Fsp3) is 0.857. The smallest absolute Gasteiger partial charge is 0.234 e. The molecule has 0 rings (SSSR count). The Morgan fingerprint density at radius 2 is 1.90 bits per heavy atom. The number of nitrogens with one attached hydrogen (secondary N) is 2. The molecule has 0 aromatic rings. The van der Waals surface area contributed by atoms with Crippen molar-refractivity contribution in [2.45, 2.75) is 26.3 Å². The molecule has 60 valence electrons. The van der Waals surface area contributed by atoms with Crippen LogP contribution in [0.15, 0.2) is 0 Å². The molecule has 0 spiro atoms. The highest BCUT2D eigenvalue weighted by Gasteiger charge is 2.11. The van der Waals surface area contributed by atoms with Crippen molar-refractivity contribution in [1.29, 1.82) is 0 Å². The van der Waals surface area contributed by atoms with Crippen LogP contribution in [0.5, 0.6) is 0 Å². The maximum Gasteiger partial charge on any atom is 0.234 e. The molecular weight excluding hydrogens is 128 g/mol. The molecule has 3 nitrogen and oxygen atoms in total. The minimum Gasteiger partial charge on any atom is -0.350 e. The van der Waals surface area contributed by atoms with E-state index in [9.17, 15) is 4.79 Å². The monoisotopic (exact) mass is 144 g/mol. The first-order valence-electron chi connectivity index (χ1n) is 3.41. The third-order valence-corrected chi connectivity index (χ3v) is 0.852. The lowest BCUT2D eigenvalue weighted by Gasteiger charge is -2.20. The van der Waals surface area contributed by atoms with Crippen LogP contribution in [-0.4, -0.2) is 25.0 Å². The summed E-state index contributed by atoms with van der Waals surface area (Å²) in [5.74, 6) is 0.0370. The lowest BCUT2D eigenvalue weighted by molar-refractivity contribution is -0.121. The molecule has 0 aliphatic heterocycles. The number of amides is 1. The number of hydrogen-bond acceptors (Lipinski definition) is 2. The van der Waals surface area contributed by atoms with Gasteiger partial charge in [-0.3, -0.25) is 4.79 Å². The van der Waals surface area contributed by atoms with Gasteiger partial charge in [0.25, 0.3) is 0 Å². The van der Waals surface area contributed by atoms with Crippen molar-refractivity contribution in [2.24, 2.45) is 0 Å². The van der Waals surface area contributed by atoms with Gasteiger partial charge < -0.3 is 10.6 Å². The highest BCUT2D eigenvalue weighted by Crippen LogP contribution is 1.96. The predicted molar refractivity (Wildman–Crippen MR) is 41.8 cm³/mol. The summed E-state index contributed by atoms with van der Waals surface area (Å²) in [6.07, 6.45) is 0. The summed E-state index contributed by atoms with van der Waals surface area (Å²) in [5, 5.41) is 5.60. The topological polar surface area (TPSA) is 41.1 Å². The summed E-state index contributed by atoms with van der Waals surface area (Å²) >= 11 is 0. The molecule has 2 N–H and O–H groups in total. The van der Waals surface area contributed by atoms with E-state index in [4.69, 9.17) is 0 Å². The van der Waals surface area contributed by atoms with E-state index in [0.29, 0.717) is 6.54 Å². The zero-order valence-corrected chi connectivity index (χ0v) is 7.12. The lowest BCUT2D eigenvalue weighted by Crippen LogP contribution is -2.44. The van der Waals surface area contributed by atoms with Crippen LogP contribution in [0.2, 0.25) is 0 Å². The Morgan fingerprint density at radius 1 is 1.40 bits per heavy atom. The first-order chi connectivity index (χ1) is 4.45. The molecule has 0 bridgehead atoms. The third-order valence-electron chi connectivity index (χ3n) is 0.852. The van der Waals surface area contributed by atoms with Crippen LogP contribution in [0.25, 0.3) is 0 Å². The van der Waals surface area contributed by atoms with E-state index in [1.165, 1.54) is 0 Å². The van der Waals surface area contributed by atoms with E-state index in [1.807, 2.05) is 20.8 Å². The molecule has 1 amide bonds. The maximum absolute atomic E-state index is 10.9. The minimum absolute atomic E-state index is 0.0370. The van der Waals surface area contributed by atoms with Gasteiger partial charge in [-0.15, -0.1) is 0 Å². The second-order valence-electron chi connectivity index (χ2n) is 3.33. The van der Waals surface area contributed by atoms with Gasteiger partial charge in [0.1, 0.15) is 0 Å². The summed E-state index contributed by atoms with van der Waals surface area (Å²) in [5.41, 5.74) is -0.117. The molecule has 0 unspecified atom stereocenters. The third kappa shape index (κ3) is 5.56. The molecule has 10 heavy (non-hydrogen) atoms. The molecule has 0 radical (unpaired) electrons. The van der Waals surface area contributed by atoms with Crippen molar-refractivity contribution >= 4 is 5.91 Å². The van der Waals surface area contributed by atoms with Crippen molar-refractivity contribution in [3.05, 3.63) is 0 Å². The molecule has 0 fully saturated rings. The largest absolute Gasteiger partial charge is 0.350 e. The predicted octanol–water partition coefficient (Wildman–Crippen LogP) is 0.120. The van der Waals surface area contributed by atoms with Gasteiger partial charge in [-0.25, -0.2) is 0 Å². The van der Waals surface area contributed by atoms with Crippen LogP contribution >= 0.6 is 0 Å². The van der Waals surface area contributed by atoms with Gasteiger partial charge in [0.05, 0.1) is 6.54 Å². The highest BCUT2D eigenvalue weighted by molar-refractivity contribution is 5.78. The molecule has 0 aliphatic rings. The van der Waals surface area contributed by atoms with Gasteiger partial charge in [-0.2, -0.15) is 0 Å². The summed E-state index contributed by atoms with van der Waals surface area (Å²) in [7, 11) is 1.75. The van der Waals surface area contributed by atoms with E-state index in [1.54, 1.807) is 7.05 Å². The average Bonchev–Trinajstić information content (AvgIpc) is 1.59. The number of rotatable bonds is 2. The Balaban J connectivity index is 3.58. The van der Waals surface area contributed by atoms with E-state index in [2.05, 4.69) is 10.6 Å². The van der Waals surface area contributed by atoms with E-state index in [0.717, 1.165) is 0 Å². The zero-order chi connectivity index (χ0) is 8.20. The Kier molecular flexibility index (Phi) is 3.36. The lowest BCUT2D eigenvalue weighted by atomic mass is 10.1. The van der Waals surface area contributed by atoms with Crippen molar-refractivity contribution in [3.63, 3.8) is 0 Å². The van der Waals surface area contributed by atoms with Gasteiger partial charge in [-0.05, 0) is 27.8 Å². The Morgan fingerprint density at radius 3 is 2.20 bits per heavy atom. The van der Waals surface area contributed by atoms with Crippen LogP contribution in [-0.2, 0) is 4.79 Å². The molecule has 0 saturated heterocycles. The number of hydrogen-bond donors (Lipinski definition) is 2. The standard InChI is InChI=1S/C7H16N2O/c1-7(2,3)9-6(10)5-8-4/h8H,5H2,1-4H3,(H,9,10). The summed E-state index contributed by atoms with van der Waals surface area (Å²) in [6.45, 7) is 6.26. The van der Waals surface area contributed by atoms with Crippen molar-refractivity contribution < 1.29 is 4.79 Å². The maximum atomic E-state index is 10.9. The fourth-order valence-electron chi connectivity index (χ4n) is 0.623. The van der Waals surface area contributed by atoms with E-state index < -0.39 is 0 Å². The van der Waals surface area contributed by atoms with Gasteiger partial charge >= 0.3 is 0 Å². The van der Waals surface area contributed by atoms with Gasteiger partial charge in [-0.1, -0.05) is 0 Å². The molecule has 3 heteroatoms. The van der Waals surface area contributed by atoms with Crippen molar-refractivity contribution in [2.75, 3.05) is 13.6 Å². The normalized spacial score (nSPS) is 11.2. The molecule has 0 atom stereocenters. The summed E-state index contributed by atoms with van der Waals surface area (Å²) in [4.78, 5) is 10.9. The van der Waals surface area contributed by atoms with Crippen LogP contribution in [0, 0.1) is 0 Å². The summed E-state index contributed by atoms with van der Waals surface area (Å²) < 4.78 is 0. The molecule has 0 saturated carbocycles. The summed E-state index contributed by atoms with van der Waals surface area (Å²) in [6, 6.07) is 0.